The molecule has 0 saturated carbocycles. The number of hydrogen-bond donors (Lipinski definition) is 1. The van der Waals surface area contributed by atoms with Gasteiger partial charge in [0.2, 0.25) is 0 Å². The van der Waals surface area contributed by atoms with Crippen molar-refractivity contribution in [3.63, 3.8) is 0 Å². The fraction of sp³-hybridized carbons (Fsp3) is 0.286. The molecule has 2 nitrogen and oxygen atoms in total. The van der Waals surface area contributed by atoms with Crippen molar-refractivity contribution < 1.29 is 8.81 Å². The molecule has 0 fully saturated rings. The van der Waals surface area contributed by atoms with E-state index in [2.05, 4.69) is 5.32 Å². The predicted octanol–water partition coefficient (Wildman–Crippen LogP) is 3.29. The Kier molecular flexibility index (Phi) is 3.59. The van der Waals surface area contributed by atoms with Crippen LogP contribution in [-0.4, -0.2) is 7.05 Å². The molecule has 1 aromatic carbocycles. The van der Waals surface area contributed by atoms with Crippen LogP contribution in [0.4, 0.5) is 4.39 Å². The van der Waals surface area contributed by atoms with Crippen molar-refractivity contribution in [3.05, 3.63) is 59.3 Å². The molecule has 0 amide bonds. The third kappa shape index (κ3) is 2.39. The van der Waals surface area contributed by atoms with Crippen LogP contribution >= 0.6 is 0 Å². The highest BCUT2D eigenvalue weighted by Crippen LogP contribution is 2.26. The Balaban J connectivity index is 2.40. The molecule has 0 saturated heterocycles. The second-order valence-electron chi connectivity index (χ2n) is 3.93. The summed E-state index contributed by atoms with van der Waals surface area (Å²) in [5.74, 6) is 0.720. The molecule has 3 heteroatoms. The van der Waals surface area contributed by atoms with E-state index in [9.17, 15) is 4.39 Å². The van der Waals surface area contributed by atoms with Gasteiger partial charge >= 0.3 is 0 Å². The van der Waals surface area contributed by atoms with Crippen molar-refractivity contribution in [1.29, 1.82) is 0 Å². The molecule has 90 valence electrons. The van der Waals surface area contributed by atoms with Crippen molar-refractivity contribution in [2.24, 2.45) is 0 Å². The molecule has 2 rings (SSSR count). The smallest absolute Gasteiger partial charge is 0.123 e. The fourth-order valence-corrected chi connectivity index (χ4v) is 2.08. The Morgan fingerprint density at radius 1 is 1.35 bits per heavy atom. The molecule has 1 unspecified atom stereocenters. The van der Waals surface area contributed by atoms with Gasteiger partial charge in [0.25, 0.3) is 0 Å². The van der Waals surface area contributed by atoms with E-state index in [4.69, 9.17) is 4.42 Å². The number of benzene rings is 1. The van der Waals surface area contributed by atoms with E-state index in [0.717, 1.165) is 23.3 Å². The maximum absolute atomic E-state index is 13.2. The molecule has 0 spiro atoms. The van der Waals surface area contributed by atoms with Crippen LogP contribution in [0.1, 0.15) is 29.9 Å². The molecule has 0 aliphatic carbocycles. The normalized spacial score (nSPS) is 12.6. The number of rotatable bonds is 4. The zero-order valence-electron chi connectivity index (χ0n) is 10.0. The largest absolute Gasteiger partial charge is 0.469 e. The minimum atomic E-state index is -0.218. The lowest BCUT2D eigenvalue weighted by atomic mass is 9.98. The number of furan rings is 1. The maximum atomic E-state index is 13.2. The van der Waals surface area contributed by atoms with Crippen LogP contribution in [0.5, 0.6) is 0 Å². The SMILES string of the molecule is CCc1occc1C(NC)c1cccc(F)c1. The van der Waals surface area contributed by atoms with Gasteiger partial charge in [0.1, 0.15) is 11.6 Å². The Bertz CT molecular complexity index is 492. The summed E-state index contributed by atoms with van der Waals surface area (Å²) >= 11 is 0. The molecular weight excluding hydrogens is 217 g/mol. The molecule has 17 heavy (non-hydrogen) atoms. The maximum Gasteiger partial charge on any atom is 0.123 e. The summed E-state index contributed by atoms with van der Waals surface area (Å²) in [6.45, 7) is 2.04. The average Bonchev–Trinajstić information content (AvgIpc) is 2.78. The van der Waals surface area contributed by atoms with Gasteiger partial charge in [-0.15, -0.1) is 0 Å². The van der Waals surface area contributed by atoms with Crippen molar-refractivity contribution in [2.45, 2.75) is 19.4 Å². The minimum Gasteiger partial charge on any atom is -0.469 e. The fourth-order valence-electron chi connectivity index (χ4n) is 2.08. The average molecular weight is 233 g/mol. The van der Waals surface area contributed by atoms with Gasteiger partial charge in [-0.2, -0.15) is 0 Å². The van der Waals surface area contributed by atoms with Crippen LogP contribution in [0.15, 0.2) is 41.0 Å². The second kappa shape index (κ2) is 5.15. The summed E-state index contributed by atoms with van der Waals surface area (Å²) in [5.41, 5.74) is 1.98. The zero-order valence-corrected chi connectivity index (χ0v) is 10.0. The van der Waals surface area contributed by atoms with Crippen LogP contribution < -0.4 is 5.32 Å². The van der Waals surface area contributed by atoms with E-state index in [1.807, 2.05) is 26.1 Å². The van der Waals surface area contributed by atoms with E-state index in [1.165, 1.54) is 6.07 Å². The van der Waals surface area contributed by atoms with Crippen molar-refractivity contribution in [1.82, 2.24) is 5.32 Å². The molecule has 1 N–H and O–H groups in total. The Morgan fingerprint density at radius 2 is 2.18 bits per heavy atom. The lowest BCUT2D eigenvalue weighted by Crippen LogP contribution is -2.18. The summed E-state index contributed by atoms with van der Waals surface area (Å²) in [6.07, 6.45) is 2.51. The van der Waals surface area contributed by atoms with Crippen LogP contribution in [0.2, 0.25) is 0 Å². The first kappa shape index (κ1) is 11.9. The Hall–Kier alpha value is -1.61. The second-order valence-corrected chi connectivity index (χ2v) is 3.93. The van der Waals surface area contributed by atoms with Gasteiger partial charge in [-0.25, -0.2) is 4.39 Å². The van der Waals surface area contributed by atoms with Gasteiger partial charge in [0, 0.05) is 12.0 Å². The highest BCUT2D eigenvalue weighted by atomic mass is 19.1. The number of hydrogen-bond acceptors (Lipinski definition) is 2. The zero-order chi connectivity index (χ0) is 12.3. The highest BCUT2D eigenvalue weighted by molar-refractivity contribution is 5.33. The van der Waals surface area contributed by atoms with E-state index < -0.39 is 0 Å². The quantitative estimate of drug-likeness (QED) is 0.876. The van der Waals surface area contributed by atoms with Gasteiger partial charge in [0.15, 0.2) is 0 Å². The number of nitrogens with one attached hydrogen (secondary N) is 1. The molecule has 0 aliphatic rings. The van der Waals surface area contributed by atoms with Gasteiger partial charge in [-0.3, -0.25) is 0 Å². The lowest BCUT2D eigenvalue weighted by molar-refractivity contribution is 0.504. The third-order valence-corrected chi connectivity index (χ3v) is 2.88. The Morgan fingerprint density at radius 3 is 2.82 bits per heavy atom. The van der Waals surface area contributed by atoms with Crippen molar-refractivity contribution in [2.75, 3.05) is 7.05 Å². The van der Waals surface area contributed by atoms with Crippen molar-refractivity contribution >= 4 is 0 Å². The molecule has 0 bridgehead atoms. The molecule has 2 aromatic rings. The van der Waals surface area contributed by atoms with Crippen LogP contribution in [0.25, 0.3) is 0 Å². The van der Waals surface area contributed by atoms with E-state index in [0.29, 0.717) is 0 Å². The first-order chi connectivity index (χ1) is 8.26. The van der Waals surface area contributed by atoms with Crippen LogP contribution in [0, 0.1) is 5.82 Å². The van der Waals surface area contributed by atoms with Gasteiger partial charge in [-0.05, 0) is 30.8 Å². The summed E-state index contributed by atoms with van der Waals surface area (Å²) in [4.78, 5) is 0. The predicted molar refractivity (Wildman–Crippen MR) is 65.4 cm³/mol. The molecule has 1 atom stereocenters. The number of aryl methyl sites for hydroxylation is 1. The van der Waals surface area contributed by atoms with Crippen LogP contribution in [0.3, 0.4) is 0 Å². The van der Waals surface area contributed by atoms with Crippen LogP contribution in [-0.2, 0) is 6.42 Å². The lowest BCUT2D eigenvalue weighted by Gasteiger charge is -2.16. The summed E-state index contributed by atoms with van der Waals surface area (Å²) in [5, 5.41) is 3.20. The summed E-state index contributed by atoms with van der Waals surface area (Å²) < 4.78 is 18.7. The minimum absolute atomic E-state index is 0.0283. The molecule has 1 aromatic heterocycles. The molecule has 1 heterocycles. The molecular formula is C14H16FNO. The van der Waals surface area contributed by atoms with E-state index >= 15 is 0 Å². The monoisotopic (exact) mass is 233 g/mol. The summed E-state index contributed by atoms with van der Waals surface area (Å²) in [7, 11) is 1.86. The first-order valence-corrected chi connectivity index (χ1v) is 5.75. The van der Waals surface area contributed by atoms with Gasteiger partial charge in [-0.1, -0.05) is 19.1 Å². The standard InChI is InChI=1S/C14H16FNO/c1-3-13-12(7-8-17-13)14(16-2)10-5-4-6-11(15)9-10/h4-9,14,16H,3H2,1-2H3. The number of halogens is 1. The van der Waals surface area contributed by atoms with E-state index in [-0.39, 0.29) is 11.9 Å². The topological polar surface area (TPSA) is 25.2 Å². The third-order valence-electron chi connectivity index (χ3n) is 2.88. The van der Waals surface area contributed by atoms with E-state index in [1.54, 1.807) is 18.4 Å². The van der Waals surface area contributed by atoms with Gasteiger partial charge in [0.05, 0.1) is 12.3 Å². The molecule has 0 radical (unpaired) electrons. The Labute approximate surface area is 100 Å². The van der Waals surface area contributed by atoms with Crippen molar-refractivity contribution in [3.8, 4) is 0 Å². The highest BCUT2D eigenvalue weighted by Gasteiger charge is 2.17. The first-order valence-electron chi connectivity index (χ1n) is 5.75. The summed E-state index contributed by atoms with van der Waals surface area (Å²) in [6, 6.07) is 8.54. The van der Waals surface area contributed by atoms with Gasteiger partial charge < -0.3 is 9.73 Å². The molecule has 0 aliphatic heterocycles.